The topological polar surface area (TPSA) is 58.6 Å². The third-order valence-electron chi connectivity index (χ3n) is 3.56. The van der Waals surface area contributed by atoms with Crippen LogP contribution in [-0.4, -0.2) is 46.0 Å². The number of rotatable bonds is 5. The zero-order valence-electron chi connectivity index (χ0n) is 11.9. The normalized spacial score (nSPS) is 19.9. The van der Waals surface area contributed by atoms with E-state index in [1.807, 2.05) is 7.05 Å². The molecule has 2 rings (SSSR count). The van der Waals surface area contributed by atoms with Crippen molar-refractivity contribution in [3.63, 3.8) is 0 Å². The van der Waals surface area contributed by atoms with Crippen molar-refractivity contribution in [2.24, 2.45) is 0 Å². The highest BCUT2D eigenvalue weighted by molar-refractivity contribution is 9.10. The molecule has 1 aromatic carbocycles. The van der Waals surface area contributed by atoms with Crippen molar-refractivity contribution < 1.29 is 13.2 Å². The van der Waals surface area contributed by atoms with Crippen LogP contribution in [0.25, 0.3) is 0 Å². The number of hydrogen-bond donors (Lipinski definition) is 1. The van der Waals surface area contributed by atoms with E-state index in [1.165, 1.54) is 13.2 Å². The van der Waals surface area contributed by atoms with Crippen molar-refractivity contribution in [1.82, 2.24) is 9.62 Å². The van der Waals surface area contributed by atoms with Crippen LogP contribution in [0, 0.1) is 0 Å². The van der Waals surface area contributed by atoms with E-state index in [1.54, 1.807) is 10.4 Å². The van der Waals surface area contributed by atoms with Crippen LogP contribution in [0.2, 0.25) is 5.02 Å². The molecule has 1 aliphatic rings. The molecule has 0 aliphatic carbocycles. The number of methoxy groups -OCH3 is 1. The van der Waals surface area contributed by atoms with Gasteiger partial charge in [-0.25, -0.2) is 8.42 Å². The van der Waals surface area contributed by atoms with E-state index < -0.39 is 10.0 Å². The SMILES string of the molecule is CNCC1CCCN1S(=O)(=O)c1cc(Cl)c(OC)cc1Br. The Balaban J connectivity index is 2.42. The highest BCUT2D eigenvalue weighted by Crippen LogP contribution is 2.36. The van der Waals surface area contributed by atoms with Crippen LogP contribution in [0.1, 0.15) is 12.8 Å². The monoisotopic (exact) mass is 396 g/mol. The molecule has 1 aliphatic heterocycles. The average molecular weight is 398 g/mol. The predicted octanol–water partition coefficient (Wildman–Crippen LogP) is 2.48. The van der Waals surface area contributed by atoms with Crippen molar-refractivity contribution in [2.45, 2.75) is 23.8 Å². The zero-order chi connectivity index (χ0) is 15.6. The summed E-state index contributed by atoms with van der Waals surface area (Å²) in [6, 6.07) is 3.00. The van der Waals surface area contributed by atoms with Gasteiger partial charge >= 0.3 is 0 Å². The second kappa shape index (κ2) is 6.83. The molecular formula is C13H18BrClN2O3S. The molecule has 8 heteroatoms. The number of benzene rings is 1. The van der Waals surface area contributed by atoms with Gasteiger partial charge in [0.1, 0.15) is 5.75 Å². The largest absolute Gasteiger partial charge is 0.495 e. The van der Waals surface area contributed by atoms with E-state index in [-0.39, 0.29) is 16.0 Å². The Kier molecular flexibility index (Phi) is 5.54. The summed E-state index contributed by atoms with van der Waals surface area (Å²) in [7, 11) is -0.268. The van der Waals surface area contributed by atoms with E-state index in [9.17, 15) is 8.42 Å². The van der Waals surface area contributed by atoms with Gasteiger partial charge in [-0.2, -0.15) is 4.31 Å². The van der Waals surface area contributed by atoms with Gasteiger partial charge in [0.15, 0.2) is 0 Å². The van der Waals surface area contributed by atoms with Crippen molar-refractivity contribution in [3.8, 4) is 5.75 Å². The molecular weight excluding hydrogens is 380 g/mol. The summed E-state index contributed by atoms with van der Waals surface area (Å²) in [5, 5.41) is 3.32. The predicted molar refractivity (Wildman–Crippen MR) is 86.5 cm³/mol. The summed E-state index contributed by atoms with van der Waals surface area (Å²) in [5.41, 5.74) is 0. The second-order valence-electron chi connectivity index (χ2n) is 4.89. The molecule has 118 valence electrons. The fourth-order valence-corrected chi connectivity index (χ4v) is 5.56. The smallest absolute Gasteiger partial charge is 0.244 e. The molecule has 1 heterocycles. The zero-order valence-corrected chi connectivity index (χ0v) is 15.1. The first-order chi connectivity index (χ1) is 9.91. The summed E-state index contributed by atoms with van der Waals surface area (Å²) >= 11 is 9.37. The first-order valence-corrected chi connectivity index (χ1v) is 9.22. The van der Waals surface area contributed by atoms with Crippen LogP contribution in [0.15, 0.2) is 21.5 Å². The van der Waals surface area contributed by atoms with Gasteiger partial charge < -0.3 is 10.1 Å². The fourth-order valence-electron chi connectivity index (χ4n) is 2.56. The minimum Gasteiger partial charge on any atom is -0.495 e. The molecule has 0 saturated carbocycles. The molecule has 5 nitrogen and oxygen atoms in total. The Hall–Kier alpha value is -0.340. The second-order valence-corrected chi connectivity index (χ2v) is 8.01. The third-order valence-corrected chi connectivity index (χ3v) is 6.76. The summed E-state index contributed by atoms with van der Waals surface area (Å²) in [6.07, 6.45) is 1.73. The molecule has 0 bridgehead atoms. The van der Waals surface area contributed by atoms with Crippen LogP contribution < -0.4 is 10.1 Å². The van der Waals surface area contributed by atoms with Gasteiger partial charge in [0, 0.05) is 23.6 Å². The van der Waals surface area contributed by atoms with Crippen LogP contribution in [0.3, 0.4) is 0 Å². The lowest BCUT2D eigenvalue weighted by molar-refractivity contribution is 0.378. The lowest BCUT2D eigenvalue weighted by atomic mass is 10.2. The summed E-state index contributed by atoms with van der Waals surface area (Å²) in [4.78, 5) is 0.177. The lowest BCUT2D eigenvalue weighted by Gasteiger charge is -2.24. The van der Waals surface area contributed by atoms with Crippen molar-refractivity contribution >= 4 is 37.6 Å². The highest BCUT2D eigenvalue weighted by Gasteiger charge is 2.36. The Morgan fingerprint density at radius 1 is 1.52 bits per heavy atom. The number of sulfonamides is 1. The van der Waals surface area contributed by atoms with E-state index in [0.717, 1.165) is 12.8 Å². The van der Waals surface area contributed by atoms with Crippen molar-refractivity contribution in [3.05, 3.63) is 21.6 Å². The van der Waals surface area contributed by atoms with Gasteiger partial charge in [0.05, 0.1) is 17.0 Å². The van der Waals surface area contributed by atoms with Gasteiger partial charge in [0.2, 0.25) is 10.0 Å². The summed E-state index contributed by atoms with van der Waals surface area (Å²) in [6.45, 7) is 1.17. The van der Waals surface area contributed by atoms with Gasteiger partial charge in [-0.15, -0.1) is 0 Å². The average Bonchev–Trinajstić information content (AvgIpc) is 2.90. The van der Waals surface area contributed by atoms with Gasteiger partial charge in [-0.1, -0.05) is 11.6 Å². The number of nitrogens with zero attached hydrogens (tertiary/aromatic N) is 1. The molecule has 1 unspecified atom stereocenters. The van der Waals surface area contributed by atoms with Gasteiger partial charge in [0.25, 0.3) is 0 Å². The molecule has 1 N–H and O–H groups in total. The Labute approximate surface area is 138 Å². The lowest BCUT2D eigenvalue weighted by Crippen LogP contribution is -2.40. The van der Waals surface area contributed by atoms with E-state index >= 15 is 0 Å². The van der Waals surface area contributed by atoms with Crippen molar-refractivity contribution in [1.29, 1.82) is 0 Å². The molecule has 1 fully saturated rings. The molecule has 21 heavy (non-hydrogen) atoms. The molecule has 1 aromatic rings. The van der Waals surface area contributed by atoms with Crippen molar-refractivity contribution in [2.75, 3.05) is 27.2 Å². The maximum Gasteiger partial charge on any atom is 0.244 e. The minimum atomic E-state index is -3.58. The summed E-state index contributed by atoms with van der Waals surface area (Å²) in [5.74, 6) is 0.440. The van der Waals surface area contributed by atoms with E-state index in [4.69, 9.17) is 16.3 Å². The molecule has 0 amide bonds. The van der Waals surface area contributed by atoms with Crippen LogP contribution >= 0.6 is 27.5 Å². The quantitative estimate of drug-likeness (QED) is 0.829. The van der Waals surface area contributed by atoms with E-state index in [0.29, 0.717) is 23.3 Å². The van der Waals surface area contributed by atoms with Gasteiger partial charge in [-0.05, 0) is 48.0 Å². The minimum absolute atomic E-state index is 0.0206. The van der Waals surface area contributed by atoms with Crippen LogP contribution in [-0.2, 0) is 10.0 Å². The highest BCUT2D eigenvalue weighted by atomic mass is 79.9. The number of likely N-dealkylation sites (N-methyl/N-ethyl adjacent to an activating group) is 1. The maximum atomic E-state index is 12.9. The number of hydrogen-bond acceptors (Lipinski definition) is 4. The Bertz CT molecular complexity index is 624. The molecule has 1 atom stereocenters. The molecule has 0 aromatic heterocycles. The molecule has 0 spiro atoms. The van der Waals surface area contributed by atoms with E-state index in [2.05, 4.69) is 21.2 Å². The summed E-state index contributed by atoms with van der Waals surface area (Å²) < 4.78 is 32.8. The number of halogens is 2. The standard InChI is InChI=1S/C13H18BrClN2O3S/c1-16-8-9-4-3-5-17(9)21(18,19)13-7-11(15)12(20-2)6-10(13)14/h6-7,9,16H,3-5,8H2,1-2H3. The van der Waals surface area contributed by atoms with Gasteiger partial charge in [-0.3, -0.25) is 0 Å². The first kappa shape index (κ1) is 17.0. The van der Waals surface area contributed by atoms with Crippen LogP contribution in [0.5, 0.6) is 5.75 Å². The third kappa shape index (κ3) is 3.37. The number of nitrogens with one attached hydrogen (secondary N) is 1. The molecule has 1 saturated heterocycles. The first-order valence-electron chi connectivity index (χ1n) is 6.61. The maximum absolute atomic E-state index is 12.9. The Morgan fingerprint density at radius 3 is 2.86 bits per heavy atom. The molecule has 0 radical (unpaired) electrons. The number of ether oxygens (including phenoxy) is 1. The van der Waals surface area contributed by atoms with Crippen LogP contribution in [0.4, 0.5) is 0 Å². The Morgan fingerprint density at radius 2 is 2.24 bits per heavy atom. The fraction of sp³-hybridized carbons (Fsp3) is 0.538.